The molecule has 1 aliphatic heterocycles. The first kappa shape index (κ1) is 29.4. The van der Waals surface area contributed by atoms with Gasteiger partial charge in [0.25, 0.3) is 0 Å². The molecule has 202 valence electrons. The molecular formula is C28H31ClN2O6S. The third-order valence-corrected chi connectivity index (χ3v) is 7.93. The van der Waals surface area contributed by atoms with Gasteiger partial charge in [-0.1, -0.05) is 42.8 Å². The summed E-state index contributed by atoms with van der Waals surface area (Å²) >= 11 is 4.45. The maximum Gasteiger partial charge on any atom is 0.338 e. The Morgan fingerprint density at radius 2 is 1.76 bits per heavy atom. The number of hydrogen-bond donors (Lipinski definition) is 1. The van der Waals surface area contributed by atoms with Gasteiger partial charge in [0, 0.05) is 29.1 Å². The zero-order valence-corrected chi connectivity index (χ0v) is 22.6. The van der Waals surface area contributed by atoms with Crippen LogP contribution in [0.2, 0.25) is 5.02 Å². The molecule has 1 saturated heterocycles. The number of amides is 2. The monoisotopic (exact) mass is 558 g/mol. The predicted molar refractivity (Wildman–Crippen MR) is 146 cm³/mol. The number of rotatable bonds is 15. The lowest BCUT2D eigenvalue weighted by atomic mass is 10.0. The van der Waals surface area contributed by atoms with Gasteiger partial charge in [-0.3, -0.25) is 19.3 Å². The Bertz CT molecular complexity index is 1140. The smallest absolute Gasteiger partial charge is 0.338 e. The molecule has 2 amide bonds. The van der Waals surface area contributed by atoms with Gasteiger partial charge >= 0.3 is 5.97 Å². The fourth-order valence-electron chi connectivity index (χ4n) is 3.87. The van der Waals surface area contributed by atoms with Crippen LogP contribution in [0.5, 0.6) is 0 Å². The Kier molecular flexibility index (Phi) is 11.4. The Morgan fingerprint density at radius 1 is 1.08 bits per heavy atom. The first-order valence-electron chi connectivity index (χ1n) is 12.4. The lowest BCUT2D eigenvalue weighted by Gasteiger charge is -2.39. The Balaban J connectivity index is 1.34. The molecule has 0 saturated carbocycles. The molecule has 0 bridgehead atoms. The molecule has 1 N–H and O–H groups in total. The molecule has 8 nitrogen and oxygen atoms in total. The fraction of sp³-hybridized carbons (Fsp3) is 0.357. The van der Waals surface area contributed by atoms with E-state index >= 15 is 0 Å². The third kappa shape index (κ3) is 8.72. The van der Waals surface area contributed by atoms with Gasteiger partial charge in [0.2, 0.25) is 11.8 Å². The summed E-state index contributed by atoms with van der Waals surface area (Å²) < 4.78 is 17.8. The predicted octanol–water partition coefficient (Wildman–Crippen LogP) is 4.05. The highest BCUT2D eigenvalue weighted by atomic mass is 35.5. The Labute approximate surface area is 230 Å². The second-order valence-corrected chi connectivity index (χ2v) is 10.9. The number of nitrogens with one attached hydrogen (secondary N) is 1. The number of ketones is 1. The summed E-state index contributed by atoms with van der Waals surface area (Å²) in [5.74, 6) is -0.722. The van der Waals surface area contributed by atoms with E-state index < -0.39 is 22.5 Å². The van der Waals surface area contributed by atoms with E-state index in [1.807, 2.05) is 0 Å². The average molecular weight is 559 g/mol. The molecule has 1 heterocycles. The van der Waals surface area contributed by atoms with Gasteiger partial charge in [0.05, 0.1) is 12.0 Å². The first-order chi connectivity index (χ1) is 18.3. The highest BCUT2D eigenvalue weighted by molar-refractivity contribution is 7.91. The molecule has 2 aromatic carbocycles. The summed E-state index contributed by atoms with van der Waals surface area (Å²) in [7, 11) is 0. The molecule has 2 unspecified atom stereocenters. The number of ether oxygens (including phenoxy) is 1. The van der Waals surface area contributed by atoms with Crippen molar-refractivity contribution in [3.63, 3.8) is 0 Å². The molecule has 0 aliphatic carbocycles. The number of benzene rings is 2. The van der Waals surface area contributed by atoms with Gasteiger partial charge in [0.1, 0.15) is 18.9 Å². The summed E-state index contributed by atoms with van der Waals surface area (Å²) in [6.07, 6.45) is 4.23. The van der Waals surface area contributed by atoms with Crippen LogP contribution in [0.3, 0.4) is 0 Å². The van der Waals surface area contributed by atoms with Crippen LogP contribution in [0.25, 0.3) is 0 Å². The second kappa shape index (κ2) is 14.7. The van der Waals surface area contributed by atoms with Gasteiger partial charge in [-0.15, -0.1) is 0 Å². The Hall–Kier alpha value is -3.14. The standard InChI is InChI=1S/C28H31ClN2O6S/c1-2-16-37-28(35)22-9-7-20(8-10-22)19-38(36)27-17-26(34)31(27)18-25(33)30-15-5-3-4-6-24(32)21-11-13-23(29)14-12-21/h2,7-14,27H,1,3-6,15-19H2,(H,30,33). The molecule has 0 spiro atoms. The molecule has 1 fully saturated rings. The number of halogens is 1. The van der Waals surface area contributed by atoms with Crippen molar-refractivity contribution in [2.24, 2.45) is 0 Å². The second-order valence-electron chi connectivity index (χ2n) is 8.88. The molecule has 0 radical (unpaired) electrons. The number of β-lactam (4-membered cyclic amide) rings is 1. The summed E-state index contributed by atoms with van der Waals surface area (Å²) in [6.45, 7) is 3.91. The maximum atomic E-state index is 12.8. The highest BCUT2D eigenvalue weighted by Gasteiger charge is 2.45. The van der Waals surface area contributed by atoms with E-state index in [2.05, 4.69) is 11.9 Å². The number of likely N-dealkylation sites (tertiary alicyclic amines) is 1. The van der Waals surface area contributed by atoms with Gasteiger partial charge in [0.15, 0.2) is 11.2 Å². The van der Waals surface area contributed by atoms with E-state index in [9.17, 15) is 23.7 Å². The van der Waals surface area contributed by atoms with Crippen molar-refractivity contribution in [1.29, 1.82) is 0 Å². The SMILES string of the molecule is C=CCOC(=O)c1ccc(C[S+]([O-])C2CC(=O)N2CC(=O)NCCCCCC(=O)c2ccc(Cl)cc2)cc1. The van der Waals surface area contributed by atoms with E-state index in [0.717, 1.165) is 12.0 Å². The van der Waals surface area contributed by atoms with Gasteiger partial charge in [-0.05, 0) is 60.4 Å². The number of Topliss-reactive ketones (excluding diaryl/α,β-unsaturated/α-hetero) is 1. The molecular weight excluding hydrogens is 528 g/mol. The molecule has 3 rings (SSSR count). The van der Waals surface area contributed by atoms with E-state index in [1.54, 1.807) is 48.5 Å². The molecule has 10 heteroatoms. The summed E-state index contributed by atoms with van der Waals surface area (Å²) in [4.78, 5) is 49.8. The van der Waals surface area contributed by atoms with Crippen molar-refractivity contribution >= 4 is 46.3 Å². The summed E-state index contributed by atoms with van der Waals surface area (Å²) in [6, 6.07) is 13.4. The van der Waals surface area contributed by atoms with Crippen LogP contribution < -0.4 is 5.32 Å². The van der Waals surface area contributed by atoms with Gasteiger partial charge in [-0.2, -0.15) is 0 Å². The van der Waals surface area contributed by atoms with E-state index in [1.165, 1.54) is 11.0 Å². The van der Waals surface area contributed by atoms with Crippen molar-refractivity contribution in [3.05, 3.63) is 82.9 Å². The van der Waals surface area contributed by atoms with Crippen LogP contribution in [0.4, 0.5) is 0 Å². The molecule has 2 aromatic rings. The quantitative estimate of drug-likeness (QED) is 0.0880. The number of carbonyl (C=O) groups is 4. The normalized spacial score (nSPS) is 15.4. The van der Waals surface area contributed by atoms with Crippen LogP contribution >= 0.6 is 11.6 Å². The van der Waals surface area contributed by atoms with E-state index in [0.29, 0.717) is 42.0 Å². The highest BCUT2D eigenvalue weighted by Crippen LogP contribution is 2.27. The minimum atomic E-state index is -1.39. The summed E-state index contributed by atoms with van der Waals surface area (Å²) in [5.41, 5.74) is 1.77. The Morgan fingerprint density at radius 3 is 2.42 bits per heavy atom. The fourth-order valence-corrected chi connectivity index (χ4v) is 5.51. The molecule has 0 aromatic heterocycles. The topological polar surface area (TPSA) is 116 Å². The van der Waals surface area contributed by atoms with Crippen molar-refractivity contribution in [1.82, 2.24) is 10.2 Å². The van der Waals surface area contributed by atoms with Crippen LogP contribution in [0, 0.1) is 0 Å². The van der Waals surface area contributed by atoms with E-state index in [-0.39, 0.29) is 42.9 Å². The average Bonchev–Trinajstić information content (AvgIpc) is 2.91. The van der Waals surface area contributed by atoms with E-state index in [4.69, 9.17) is 16.3 Å². The number of carbonyl (C=O) groups excluding carboxylic acids is 4. The van der Waals surface area contributed by atoms with Crippen molar-refractivity contribution in [2.45, 2.75) is 43.2 Å². The van der Waals surface area contributed by atoms with Gasteiger partial charge in [-0.25, -0.2) is 4.79 Å². The third-order valence-electron chi connectivity index (χ3n) is 6.03. The number of unbranched alkanes of at least 4 members (excludes halogenated alkanes) is 2. The molecule has 38 heavy (non-hydrogen) atoms. The lowest BCUT2D eigenvalue weighted by molar-refractivity contribution is -0.145. The number of hydrogen-bond acceptors (Lipinski definition) is 6. The van der Waals surface area contributed by atoms with Crippen LogP contribution in [0.1, 0.15) is 58.4 Å². The lowest BCUT2D eigenvalue weighted by Crippen LogP contribution is -2.59. The zero-order chi connectivity index (χ0) is 27.5. The maximum absolute atomic E-state index is 12.8. The largest absolute Gasteiger partial charge is 0.614 e. The van der Waals surface area contributed by atoms with Crippen LogP contribution in [-0.4, -0.2) is 58.1 Å². The van der Waals surface area contributed by atoms with Crippen molar-refractivity contribution < 1.29 is 28.5 Å². The van der Waals surface area contributed by atoms with Crippen LogP contribution in [-0.2, 0) is 31.3 Å². The minimum absolute atomic E-state index is 0.0583. The molecule has 2 atom stereocenters. The molecule has 1 aliphatic rings. The van der Waals surface area contributed by atoms with Crippen molar-refractivity contribution in [3.8, 4) is 0 Å². The van der Waals surface area contributed by atoms with Crippen LogP contribution in [0.15, 0.2) is 61.2 Å². The van der Waals surface area contributed by atoms with Gasteiger partial charge < -0.3 is 14.6 Å². The number of nitrogens with zero attached hydrogens (tertiary/aromatic N) is 1. The minimum Gasteiger partial charge on any atom is -0.614 e. The summed E-state index contributed by atoms with van der Waals surface area (Å²) in [5, 5.41) is 2.85. The number of esters is 1. The first-order valence-corrected chi connectivity index (χ1v) is 14.1. The zero-order valence-electron chi connectivity index (χ0n) is 21.0. The van der Waals surface area contributed by atoms with Crippen molar-refractivity contribution in [2.75, 3.05) is 19.7 Å².